The Hall–Kier alpha value is -3.02. The molecule has 0 radical (unpaired) electrons. The summed E-state index contributed by atoms with van der Waals surface area (Å²) >= 11 is 0. The minimum Gasteiger partial charge on any atom is -0.345 e. The van der Waals surface area contributed by atoms with Gasteiger partial charge in [0.05, 0.1) is 10.9 Å². The molecule has 2 aromatic carbocycles. The van der Waals surface area contributed by atoms with Crippen molar-refractivity contribution in [3.63, 3.8) is 0 Å². The number of carbonyl (C=O) groups is 1. The highest BCUT2D eigenvalue weighted by molar-refractivity contribution is 5.79. The summed E-state index contributed by atoms with van der Waals surface area (Å²) in [5.74, 6) is -0.227. The number of amides is 1. The van der Waals surface area contributed by atoms with E-state index in [1.165, 1.54) is 0 Å². The van der Waals surface area contributed by atoms with Crippen molar-refractivity contribution in [1.82, 2.24) is 20.3 Å². The van der Waals surface area contributed by atoms with Gasteiger partial charge in [-0.15, -0.1) is 5.10 Å². The highest BCUT2D eigenvalue weighted by Gasteiger charge is 2.39. The van der Waals surface area contributed by atoms with Gasteiger partial charge < -0.3 is 5.32 Å². The monoisotopic (exact) mass is 334 g/mol. The Kier molecular flexibility index (Phi) is 3.80. The van der Waals surface area contributed by atoms with E-state index in [0.29, 0.717) is 10.9 Å². The predicted octanol–water partition coefficient (Wildman–Crippen LogP) is 1.99. The van der Waals surface area contributed by atoms with E-state index in [4.69, 9.17) is 0 Å². The number of aromatic nitrogens is 3. The van der Waals surface area contributed by atoms with Gasteiger partial charge in [-0.1, -0.05) is 47.7 Å². The maximum Gasteiger partial charge on any atom is 0.278 e. The second-order valence-electron chi connectivity index (χ2n) is 6.42. The molecule has 1 aliphatic rings. The van der Waals surface area contributed by atoms with E-state index in [-0.39, 0.29) is 23.6 Å². The molecule has 3 aromatic rings. The summed E-state index contributed by atoms with van der Waals surface area (Å²) in [6.07, 6.45) is 2.88. The molecular formula is C19H18N4O2. The molecule has 126 valence electrons. The van der Waals surface area contributed by atoms with Gasteiger partial charge in [-0.3, -0.25) is 9.59 Å². The first-order valence-electron chi connectivity index (χ1n) is 8.37. The van der Waals surface area contributed by atoms with Gasteiger partial charge in [0.2, 0.25) is 5.91 Å². The molecule has 4 rings (SSSR count). The minimum absolute atomic E-state index is 0.134. The van der Waals surface area contributed by atoms with Crippen LogP contribution in [0.4, 0.5) is 0 Å². The molecule has 1 aliphatic carbocycles. The molecule has 0 unspecified atom stereocenters. The van der Waals surface area contributed by atoms with Crippen LogP contribution in [0, 0.1) is 0 Å². The summed E-state index contributed by atoms with van der Waals surface area (Å²) in [5, 5.41) is 11.5. The number of carbonyl (C=O) groups excluding carboxylic acids is 1. The Labute approximate surface area is 144 Å². The van der Waals surface area contributed by atoms with Crippen molar-refractivity contribution in [2.45, 2.75) is 31.3 Å². The fourth-order valence-corrected chi connectivity index (χ4v) is 3.34. The quantitative estimate of drug-likeness (QED) is 0.791. The average molecular weight is 334 g/mol. The Morgan fingerprint density at radius 1 is 1.08 bits per heavy atom. The highest BCUT2D eigenvalue weighted by Crippen LogP contribution is 2.41. The van der Waals surface area contributed by atoms with E-state index < -0.39 is 0 Å². The molecule has 1 heterocycles. The van der Waals surface area contributed by atoms with Crippen LogP contribution in [0.2, 0.25) is 0 Å². The largest absolute Gasteiger partial charge is 0.345 e. The Bertz CT molecular complexity index is 977. The van der Waals surface area contributed by atoms with E-state index in [0.717, 1.165) is 29.5 Å². The summed E-state index contributed by atoms with van der Waals surface area (Å²) in [7, 11) is 0. The summed E-state index contributed by atoms with van der Waals surface area (Å²) in [5.41, 5.74) is 1.00. The third-order valence-corrected chi connectivity index (χ3v) is 4.83. The lowest BCUT2D eigenvalue weighted by Gasteiger charge is -2.43. The lowest BCUT2D eigenvalue weighted by Crippen LogP contribution is -2.52. The van der Waals surface area contributed by atoms with E-state index in [1.54, 1.807) is 24.3 Å². The van der Waals surface area contributed by atoms with Crippen molar-refractivity contribution in [3.05, 3.63) is 70.5 Å². The van der Waals surface area contributed by atoms with Gasteiger partial charge in [0.15, 0.2) is 0 Å². The van der Waals surface area contributed by atoms with Crippen LogP contribution in [-0.2, 0) is 16.9 Å². The molecule has 0 aliphatic heterocycles. The van der Waals surface area contributed by atoms with Gasteiger partial charge in [-0.05, 0) is 37.0 Å². The van der Waals surface area contributed by atoms with Gasteiger partial charge >= 0.3 is 0 Å². The van der Waals surface area contributed by atoms with E-state index in [2.05, 4.69) is 15.6 Å². The molecule has 1 saturated carbocycles. The average Bonchev–Trinajstić information content (AvgIpc) is 2.61. The van der Waals surface area contributed by atoms with E-state index >= 15 is 0 Å². The summed E-state index contributed by atoms with van der Waals surface area (Å²) < 4.78 is 1.12. The van der Waals surface area contributed by atoms with Crippen LogP contribution in [0.3, 0.4) is 0 Å². The third-order valence-electron chi connectivity index (χ3n) is 4.83. The maximum absolute atomic E-state index is 12.5. The number of benzene rings is 2. The topological polar surface area (TPSA) is 76.9 Å². The number of nitrogens with one attached hydrogen (secondary N) is 1. The van der Waals surface area contributed by atoms with E-state index in [9.17, 15) is 9.59 Å². The fraction of sp³-hybridized carbons (Fsp3) is 0.263. The van der Waals surface area contributed by atoms with Crippen LogP contribution in [0.1, 0.15) is 24.8 Å². The second kappa shape index (κ2) is 6.12. The smallest absolute Gasteiger partial charge is 0.278 e. The van der Waals surface area contributed by atoms with Gasteiger partial charge in [0.25, 0.3) is 5.56 Å². The second-order valence-corrected chi connectivity index (χ2v) is 6.42. The number of nitrogens with zero attached hydrogens (tertiary/aromatic N) is 3. The molecular weight excluding hydrogens is 316 g/mol. The van der Waals surface area contributed by atoms with Gasteiger partial charge in [0.1, 0.15) is 12.1 Å². The lowest BCUT2D eigenvalue weighted by atomic mass is 9.72. The number of fused-ring (bicyclic) bond motifs is 1. The van der Waals surface area contributed by atoms with Crippen LogP contribution < -0.4 is 10.9 Å². The highest BCUT2D eigenvalue weighted by atomic mass is 16.2. The Morgan fingerprint density at radius 2 is 1.80 bits per heavy atom. The molecule has 0 bridgehead atoms. The molecule has 1 N–H and O–H groups in total. The van der Waals surface area contributed by atoms with E-state index in [1.807, 2.05) is 30.3 Å². The van der Waals surface area contributed by atoms with Crippen LogP contribution in [0.15, 0.2) is 59.4 Å². The summed E-state index contributed by atoms with van der Waals surface area (Å²) in [6, 6.07) is 17.0. The van der Waals surface area contributed by atoms with Gasteiger partial charge in [0, 0.05) is 0 Å². The SMILES string of the molecule is O=C(Cn1nnc2ccccc2c1=O)NC1(c2ccccc2)CCC1. The summed E-state index contributed by atoms with van der Waals surface area (Å²) in [6.45, 7) is -0.134. The van der Waals surface area contributed by atoms with Crippen LogP contribution in [0.5, 0.6) is 0 Å². The normalized spacial score (nSPS) is 15.5. The van der Waals surface area contributed by atoms with Crippen LogP contribution in [-0.4, -0.2) is 20.9 Å². The molecule has 0 saturated heterocycles. The molecule has 1 fully saturated rings. The molecule has 0 atom stereocenters. The van der Waals surface area contributed by atoms with Crippen molar-refractivity contribution in [3.8, 4) is 0 Å². The van der Waals surface area contributed by atoms with Crippen molar-refractivity contribution in [1.29, 1.82) is 0 Å². The van der Waals surface area contributed by atoms with Crippen molar-refractivity contribution < 1.29 is 4.79 Å². The molecule has 0 spiro atoms. The van der Waals surface area contributed by atoms with Crippen molar-refractivity contribution in [2.75, 3.05) is 0 Å². The Balaban J connectivity index is 1.57. The lowest BCUT2D eigenvalue weighted by molar-refractivity contribution is -0.125. The fourth-order valence-electron chi connectivity index (χ4n) is 3.34. The van der Waals surface area contributed by atoms with Crippen molar-refractivity contribution >= 4 is 16.8 Å². The molecule has 6 heteroatoms. The number of hydrogen-bond donors (Lipinski definition) is 1. The van der Waals surface area contributed by atoms with Gasteiger partial charge in [-0.25, -0.2) is 4.68 Å². The molecule has 6 nitrogen and oxygen atoms in total. The van der Waals surface area contributed by atoms with Crippen LogP contribution in [0.25, 0.3) is 10.9 Å². The number of rotatable bonds is 4. The molecule has 1 aromatic heterocycles. The standard InChI is InChI=1S/C19H18N4O2/c24-17(20-19(11-6-12-19)14-7-2-1-3-8-14)13-23-18(25)15-9-4-5-10-16(15)21-22-23/h1-5,7-10H,6,11-13H2,(H,20,24). The number of hydrogen-bond acceptors (Lipinski definition) is 4. The summed E-state index contributed by atoms with van der Waals surface area (Å²) in [4.78, 5) is 25.0. The Morgan fingerprint density at radius 3 is 2.52 bits per heavy atom. The van der Waals surface area contributed by atoms with Crippen molar-refractivity contribution in [2.24, 2.45) is 0 Å². The van der Waals surface area contributed by atoms with Crippen LogP contribution >= 0.6 is 0 Å². The molecule has 25 heavy (non-hydrogen) atoms. The first kappa shape index (κ1) is 15.5. The minimum atomic E-state index is -0.327. The first-order chi connectivity index (χ1) is 12.2. The predicted molar refractivity (Wildman–Crippen MR) is 93.9 cm³/mol. The zero-order chi connectivity index (χ0) is 17.3. The zero-order valence-corrected chi connectivity index (χ0v) is 13.7. The zero-order valence-electron chi connectivity index (χ0n) is 13.7. The molecule has 1 amide bonds. The first-order valence-corrected chi connectivity index (χ1v) is 8.37. The third kappa shape index (κ3) is 2.80. The van der Waals surface area contributed by atoms with Gasteiger partial charge in [-0.2, -0.15) is 0 Å². The maximum atomic E-state index is 12.5.